The molecule has 0 spiro atoms. The van der Waals surface area contributed by atoms with Gasteiger partial charge in [-0.05, 0) is 30.8 Å². The van der Waals surface area contributed by atoms with Crippen LogP contribution in [0.2, 0.25) is 0 Å². The van der Waals surface area contributed by atoms with Crippen LogP contribution in [0.15, 0.2) is 4.90 Å². The van der Waals surface area contributed by atoms with Crippen molar-refractivity contribution in [3.05, 3.63) is 0 Å². The number of nitrogens with two attached hydrogens (primary N) is 1. The molecular formula is C12H23N3O3S2. The van der Waals surface area contributed by atoms with Gasteiger partial charge in [-0.2, -0.15) is 4.37 Å². The van der Waals surface area contributed by atoms with Crippen molar-refractivity contribution in [1.29, 1.82) is 0 Å². The standard InChI is InChI=1S/C12H23N3O3S2/c1-3-7-18-8-5-6-14-12-10(11(13)15-19-12)20(16,17)9-4-2/h14H,3-9H2,1-2H3,(H2,13,15). The summed E-state index contributed by atoms with van der Waals surface area (Å²) in [6.45, 7) is 5.94. The molecule has 1 aromatic rings. The van der Waals surface area contributed by atoms with Crippen LogP contribution in [0.25, 0.3) is 0 Å². The first-order valence-corrected chi connectivity index (χ1v) is 9.25. The first-order valence-electron chi connectivity index (χ1n) is 6.82. The molecule has 1 rings (SSSR count). The topological polar surface area (TPSA) is 94.3 Å². The molecule has 0 aliphatic carbocycles. The fourth-order valence-electron chi connectivity index (χ4n) is 1.70. The van der Waals surface area contributed by atoms with E-state index in [9.17, 15) is 8.42 Å². The molecule has 0 fully saturated rings. The second-order valence-corrected chi connectivity index (χ2v) is 7.26. The third-order valence-electron chi connectivity index (χ3n) is 2.56. The maximum atomic E-state index is 12.1. The highest BCUT2D eigenvalue weighted by Crippen LogP contribution is 2.32. The van der Waals surface area contributed by atoms with Crippen LogP contribution in [0.3, 0.4) is 0 Å². The van der Waals surface area contributed by atoms with Gasteiger partial charge in [-0.15, -0.1) is 0 Å². The molecule has 0 unspecified atom stereocenters. The summed E-state index contributed by atoms with van der Waals surface area (Å²) in [6.07, 6.45) is 2.37. The Kier molecular flexibility index (Phi) is 7.25. The maximum absolute atomic E-state index is 12.1. The van der Waals surface area contributed by atoms with Gasteiger partial charge in [0, 0.05) is 19.8 Å². The number of hydrogen-bond donors (Lipinski definition) is 2. The highest BCUT2D eigenvalue weighted by Gasteiger charge is 2.24. The van der Waals surface area contributed by atoms with Gasteiger partial charge in [0.2, 0.25) is 0 Å². The van der Waals surface area contributed by atoms with E-state index in [1.165, 1.54) is 0 Å². The number of rotatable bonds is 10. The Labute approximate surface area is 124 Å². The second-order valence-electron chi connectivity index (χ2n) is 4.44. The number of nitrogens with one attached hydrogen (secondary N) is 1. The van der Waals surface area contributed by atoms with E-state index in [1.807, 2.05) is 6.92 Å². The first kappa shape index (κ1) is 17.2. The zero-order valence-corrected chi connectivity index (χ0v) is 13.6. The zero-order valence-electron chi connectivity index (χ0n) is 12.0. The molecular weight excluding hydrogens is 298 g/mol. The smallest absolute Gasteiger partial charge is 0.185 e. The Morgan fingerprint density at radius 3 is 2.70 bits per heavy atom. The monoisotopic (exact) mass is 321 g/mol. The van der Waals surface area contributed by atoms with Crippen molar-refractivity contribution in [3.8, 4) is 0 Å². The van der Waals surface area contributed by atoms with E-state index in [0.29, 0.717) is 24.6 Å². The van der Waals surface area contributed by atoms with Crippen LogP contribution in [0.5, 0.6) is 0 Å². The molecule has 6 nitrogen and oxygen atoms in total. The number of nitrogens with zero attached hydrogens (tertiary/aromatic N) is 1. The van der Waals surface area contributed by atoms with Gasteiger partial charge in [0.1, 0.15) is 9.90 Å². The largest absolute Gasteiger partial charge is 0.382 e. The molecule has 0 aromatic carbocycles. The summed E-state index contributed by atoms with van der Waals surface area (Å²) in [7, 11) is -3.35. The molecule has 0 radical (unpaired) electrons. The molecule has 0 amide bonds. The molecule has 1 heterocycles. The number of aromatic nitrogens is 1. The Morgan fingerprint density at radius 2 is 2.05 bits per heavy atom. The van der Waals surface area contributed by atoms with Crippen LogP contribution in [-0.4, -0.2) is 38.3 Å². The Morgan fingerprint density at radius 1 is 1.30 bits per heavy atom. The predicted octanol–water partition coefficient (Wildman–Crippen LogP) is 2.14. The summed E-state index contributed by atoms with van der Waals surface area (Å²) in [4.78, 5) is 0.152. The quantitative estimate of drug-likeness (QED) is 0.641. The molecule has 0 bridgehead atoms. The van der Waals surface area contributed by atoms with Gasteiger partial charge in [-0.1, -0.05) is 13.8 Å². The van der Waals surface area contributed by atoms with Crippen molar-refractivity contribution in [2.24, 2.45) is 0 Å². The number of anilines is 2. The average Bonchev–Trinajstić information content (AvgIpc) is 2.75. The van der Waals surface area contributed by atoms with Crippen LogP contribution in [-0.2, 0) is 14.6 Å². The van der Waals surface area contributed by atoms with Gasteiger partial charge in [0.25, 0.3) is 0 Å². The Hall–Kier alpha value is -0.860. The van der Waals surface area contributed by atoms with E-state index >= 15 is 0 Å². The van der Waals surface area contributed by atoms with E-state index in [1.54, 1.807) is 0 Å². The minimum absolute atomic E-state index is 0.0872. The van der Waals surface area contributed by atoms with E-state index in [0.717, 1.165) is 31.0 Å². The van der Waals surface area contributed by atoms with Crippen molar-refractivity contribution in [3.63, 3.8) is 0 Å². The molecule has 0 saturated carbocycles. The molecule has 116 valence electrons. The lowest BCUT2D eigenvalue weighted by molar-refractivity contribution is 0.134. The van der Waals surface area contributed by atoms with Crippen LogP contribution < -0.4 is 11.1 Å². The average molecular weight is 321 g/mol. The molecule has 1 aromatic heterocycles. The minimum Gasteiger partial charge on any atom is -0.382 e. The molecule has 0 aliphatic heterocycles. The Balaban J connectivity index is 2.59. The lowest BCUT2D eigenvalue weighted by atomic mass is 10.4. The first-order chi connectivity index (χ1) is 9.53. The SMILES string of the molecule is CCCOCCCNc1snc(N)c1S(=O)(=O)CCC. The molecule has 3 N–H and O–H groups in total. The normalized spacial score (nSPS) is 11.7. The van der Waals surface area contributed by atoms with Crippen molar-refractivity contribution < 1.29 is 13.2 Å². The van der Waals surface area contributed by atoms with Gasteiger partial charge in [-0.3, -0.25) is 0 Å². The summed E-state index contributed by atoms with van der Waals surface area (Å²) < 4.78 is 33.6. The van der Waals surface area contributed by atoms with Crippen LogP contribution >= 0.6 is 11.5 Å². The van der Waals surface area contributed by atoms with Crippen molar-refractivity contribution in [2.45, 2.75) is 38.0 Å². The molecule has 0 aliphatic rings. The highest BCUT2D eigenvalue weighted by atomic mass is 32.2. The van der Waals surface area contributed by atoms with E-state index in [4.69, 9.17) is 10.5 Å². The minimum atomic E-state index is -3.35. The Bertz CT molecular complexity index is 500. The van der Waals surface area contributed by atoms with Gasteiger partial charge in [0.15, 0.2) is 15.7 Å². The third-order valence-corrected chi connectivity index (χ3v) is 5.49. The fourth-order valence-corrected chi connectivity index (χ4v) is 4.35. The van der Waals surface area contributed by atoms with Crippen LogP contribution in [0.1, 0.15) is 33.1 Å². The number of ether oxygens (including phenoxy) is 1. The van der Waals surface area contributed by atoms with Crippen molar-refractivity contribution >= 4 is 32.2 Å². The van der Waals surface area contributed by atoms with Crippen LogP contribution in [0, 0.1) is 0 Å². The summed E-state index contributed by atoms with van der Waals surface area (Å²) in [6, 6.07) is 0. The van der Waals surface area contributed by atoms with E-state index < -0.39 is 9.84 Å². The van der Waals surface area contributed by atoms with Gasteiger partial charge >= 0.3 is 0 Å². The number of hydrogen-bond acceptors (Lipinski definition) is 7. The molecule has 0 atom stereocenters. The summed E-state index contributed by atoms with van der Waals surface area (Å²) >= 11 is 1.09. The summed E-state index contributed by atoms with van der Waals surface area (Å²) in [5, 5.41) is 3.63. The van der Waals surface area contributed by atoms with Gasteiger partial charge < -0.3 is 15.8 Å². The second kappa shape index (κ2) is 8.43. The number of nitrogen functional groups attached to an aromatic ring is 1. The van der Waals surface area contributed by atoms with Crippen molar-refractivity contribution in [2.75, 3.05) is 36.6 Å². The fraction of sp³-hybridized carbons (Fsp3) is 0.750. The lowest BCUT2D eigenvalue weighted by Gasteiger charge is -2.08. The van der Waals surface area contributed by atoms with Gasteiger partial charge in [0.05, 0.1) is 5.75 Å². The van der Waals surface area contributed by atoms with Gasteiger partial charge in [-0.25, -0.2) is 8.42 Å². The summed E-state index contributed by atoms with van der Waals surface area (Å²) in [5.41, 5.74) is 5.68. The highest BCUT2D eigenvalue weighted by molar-refractivity contribution is 7.91. The van der Waals surface area contributed by atoms with Crippen LogP contribution in [0.4, 0.5) is 10.8 Å². The lowest BCUT2D eigenvalue weighted by Crippen LogP contribution is -2.12. The zero-order chi connectivity index (χ0) is 15.0. The van der Waals surface area contributed by atoms with Crippen molar-refractivity contribution in [1.82, 2.24) is 4.37 Å². The maximum Gasteiger partial charge on any atom is 0.185 e. The third kappa shape index (κ3) is 4.92. The predicted molar refractivity (Wildman–Crippen MR) is 83.1 cm³/mol. The summed E-state index contributed by atoms with van der Waals surface area (Å²) in [5.74, 6) is 0.178. The van der Waals surface area contributed by atoms with E-state index in [-0.39, 0.29) is 16.5 Å². The molecule has 8 heteroatoms. The molecule has 20 heavy (non-hydrogen) atoms. The molecule has 0 saturated heterocycles. The number of sulfone groups is 1. The van der Waals surface area contributed by atoms with E-state index in [2.05, 4.69) is 16.6 Å².